The molecule has 0 aliphatic carbocycles. The molecule has 0 aliphatic rings. The van der Waals surface area contributed by atoms with E-state index in [4.69, 9.17) is 10.8 Å². The highest BCUT2D eigenvalue weighted by Crippen LogP contribution is 2.42. The van der Waals surface area contributed by atoms with E-state index >= 15 is 0 Å². The molecular formula is C21H34N2O4. The van der Waals surface area contributed by atoms with Crippen LogP contribution in [0, 0.1) is 11.3 Å². The fourth-order valence-corrected chi connectivity index (χ4v) is 3.17. The Morgan fingerprint density at radius 3 is 2.19 bits per heavy atom. The van der Waals surface area contributed by atoms with Gasteiger partial charge in [-0.1, -0.05) is 65.8 Å². The molecule has 0 aliphatic heterocycles. The second-order valence-corrected chi connectivity index (χ2v) is 8.73. The van der Waals surface area contributed by atoms with Crippen LogP contribution < -0.4 is 11.1 Å². The topological polar surface area (TPSA) is 113 Å². The average Bonchev–Trinajstić information content (AvgIpc) is 2.58. The number of carboxylic acids is 1. The molecule has 2 atom stereocenters. The largest absolute Gasteiger partial charge is 0.481 e. The molecular weight excluding hydrogens is 344 g/mol. The zero-order valence-electron chi connectivity index (χ0n) is 17.2. The monoisotopic (exact) mass is 378 g/mol. The molecule has 0 fully saturated rings. The lowest BCUT2D eigenvalue weighted by Gasteiger charge is -2.38. The van der Waals surface area contributed by atoms with Crippen LogP contribution in [-0.2, 0) is 15.0 Å². The first-order chi connectivity index (χ1) is 12.4. The second kappa shape index (κ2) is 8.85. The fraction of sp³-hybridized carbons (Fsp3) is 0.619. The quantitative estimate of drug-likeness (QED) is 0.526. The standard InChI is InChI=1S/C21H34N2O4/c1-13(2)21(5,6)15-10-8-7-9-14(15)17(19(26)27)20(3,4)12-23-18(25)16(22)11-24/h7-10,13,16-17,24H,11-12,22H2,1-6H3,(H,23,25)(H,26,27)/t16-,17?/m0/s1. The Balaban J connectivity index is 3.30. The highest BCUT2D eigenvalue weighted by atomic mass is 16.4. The van der Waals surface area contributed by atoms with Crippen LogP contribution in [-0.4, -0.2) is 41.3 Å². The molecule has 1 aromatic rings. The number of carbonyl (C=O) groups excluding carboxylic acids is 1. The molecule has 0 bridgehead atoms. The van der Waals surface area contributed by atoms with Crippen LogP contribution in [0.25, 0.3) is 0 Å². The van der Waals surface area contributed by atoms with Gasteiger partial charge in [0.05, 0.1) is 12.5 Å². The lowest BCUT2D eigenvalue weighted by molar-refractivity contribution is -0.142. The summed E-state index contributed by atoms with van der Waals surface area (Å²) in [5.41, 5.74) is 6.32. The number of aliphatic hydroxyl groups excluding tert-OH is 1. The third-order valence-corrected chi connectivity index (χ3v) is 5.69. The molecule has 6 nitrogen and oxygen atoms in total. The van der Waals surface area contributed by atoms with Crippen molar-refractivity contribution in [3.8, 4) is 0 Å². The molecule has 5 N–H and O–H groups in total. The van der Waals surface area contributed by atoms with Crippen molar-refractivity contribution < 1.29 is 19.8 Å². The van der Waals surface area contributed by atoms with Gasteiger partial charge in [-0.2, -0.15) is 0 Å². The van der Waals surface area contributed by atoms with Crippen molar-refractivity contribution in [1.29, 1.82) is 0 Å². The van der Waals surface area contributed by atoms with E-state index in [0.29, 0.717) is 5.92 Å². The number of rotatable bonds is 9. The SMILES string of the molecule is CC(C)C(C)(C)c1ccccc1C(C(=O)O)C(C)(C)CNC(=O)[C@@H](N)CO. The Hall–Kier alpha value is -1.92. The van der Waals surface area contributed by atoms with Gasteiger partial charge in [0.25, 0.3) is 0 Å². The van der Waals surface area contributed by atoms with E-state index in [1.165, 1.54) is 0 Å². The van der Waals surface area contributed by atoms with Crippen molar-refractivity contribution in [3.63, 3.8) is 0 Å². The summed E-state index contributed by atoms with van der Waals surface area (Å²) < 4.78 is 0. The third kappa shape index (κ3) is 5.30. The minimum Gasteiger partial charge on any atom is -0.481 e. The van der Waals surface area contributed by atoms with Gasteiger partial charge in [-0.25, -0.2) is 0 Å². The highest BCUT2D eigenvalue weighted by Gasteiger charge is 2.40. The zero-order valence-corrected chi connectivity index (χ0v) is 17.2. The van der Waals surface area contributed by atoms with E-state index in [2.05, 4.69) is 33.0 Å². The van der Waals surface area contributed by atoms with Crippen molar-refractivity contribution in [2.24, 2.45) is 17.1 Å². The molecule has 1 aromatic carbocycles. The fourth-order valence-electron chi connectivity index (χ4n) is 3.17. The van der Waals surface area contributed by atoms with Crippen molar-refractivity contribution >= 4 is 11.9 Å². The van der Waals surface area contributed by atoms with Gasteiger partial charge in [-0.3, -0.25) is 9.59 Å². The van der Waals surface area contributed by atoms with Gasteiger partial charge < -0.3 is 21.3 Å². The molecule has 0 aromatic heterocycles. The predicted octanol–water partition coefficient (Wildman–Crippen LogP) is 2.25. The zero-order chi connectivity index (χ0) is 21.0. The normalized spacial score (nSPS) is 14.7. The molecule has 1 unspecified atom stereocenters. The number of nitrogens with two attached hydrogens (primary N) is 1. The third-order valence-electron chi connectivity index (χ3n) is 5.69. The molecule has 0 heterocycles. The molecule has 1 amide bonds. The van der Waals surface area contributed by atoms with Crippen molar-refractivity contribution in [1.82, 2.24) is 5.32 Å². The average molecular weight is 379 g/mol. The maximum absolute atomic E-state index is 12.3. The van der Waals surface area contributed by atoms with Crippen LogP contribution in [0.1, 0.15) is 58.6 Å². The first-order valence-corrected chi connectivity index (χ1v) is 9.32. The maximum Gasteiger partial charge on any atom is 0.311 e. The first kappa shape index (κ1) is 23.1. The van der Waals surface area contributed by atoms with Gasteiger partial charge in [-0.15, -0.1) is 0 Å². The van der Waals surface area contributed by atoms with E-state index in [-0.39, 0.29) is 12.0 Å². The molecule has 0 saturated carbocycles. The van der Waals surface area contributed by atoms with Gasteiger partial charge in [0.15, 0.2) is 0 Å². The van der Waals surface area contributed by atoms with Crippen molar-refractivity contribution in [3.05, 3.63) is 35.4 Å². The van der Waals surface area contributed by atoms with Crippen LogP contribution in [0.15, 0.2) is 24.3 Å². The number of carbonyl (C=O) groups is 2. The number of amides is 1. The Bertz CT molecular complexity index is 668. The van der Waals surface area contributed by atoms with E-state index < -0.39 is 35.9 Å². The molecule has 27 heavy (non-hydrogen) atoms. The minimum atomic E-state index is -1.02. The Kier molecular flexibility index (Phi) is 7.57. The van der Waals surface area contributed by atoms with Crippen LogP contribution in [0.2, 0.25) is 0 Å². The van der Waals surface area contributed by atoms with Crippen LogP contribution >= 0.6 is 0 Å². The van der Waals surface area contributed by atoms with E-state index in [9.17, 15) is 14.7 Å². The summed E-state index contributed by atoms with van der Waals surface area (Å²) in [5, 5.41) is 21.7. The summed E-state index contributed by atoms with van der Waals surface area (Å²) in [6, 6.07) is 6.61. The first-order valence-electron chi connectivity index (χ1n) is 9.32. The molecule has 0 radical (unpaired) electrons. The van der Waals surface area contributed by atoms with Gasteiger partial charge in [0, 0.05) is 6.54 Å². The van der Waals surface area contributed by atoms with Crippen molar-refractivity contribution in [2.75, 3.05) is 13.2 Å². The lowest BCUT2D eigenvalue weighted by Crippen LogP contribution is -2.48. The summed E-state index contributed by atoms with van der Waals surface area (Å²) in [6.45, 7) is 11.8. The van der Waals surface area contributed by atoms with E-state index in [1.807, 2.05) is 38.1 Å². The number of benzene rings is 1. The molecule has 1 rings (SSSR count). The summed E-state index contributed by atoms with van der Waals surface area (Å²) in [6.07, 6.45) is 0. The summed E-state index contributed by atoms with van der Waals surface area (Å²) in [7, 11) is 0. The smallest absolute Gasteiger partial charge is 0.311 e. The van der Waals surface area contributed by atoms with Gasteiger partial charge in [0.1, 0.15) is 6.04 Å². The van der Waals surface area contributed by atoms with Gasteiger partial charge in [-0.05, 0) is 27.9 Å². The van der Waals surface area contributed by atoms with E-state index in [1.54, 1.807) is 0 Å². The predicted molar refractivity (Wildman–Crippen MR) is 107 cm³/mol. The van der Waals surface area contributed by atoms with Gasteiger partial charge >= 0.3 is 5.97 Å². The highest BCUT2D eigenvalue weighted by molar-refractivity contribution is 5.82. The Labute approximate surface area is 162 Å². The summed E-state index contributed by atoms with van der Waals surface area (Å²) in [5.74, 6) is -1.92. The van der Waals surface area contributed by atoms with Crippen LogP contribution in [0.4, 0.5) is 0 Å². The van der Waals surface area contributed by atoms with Crippen molar-refractivity contribution in [2.45, 2.75) is 58.9 Å². The Morgan fingerprint density at radius 2 is 1.70 bits per heavy atom. The van der Waals surface area contributed by atoms with Gasteiger partial charge in [0.2, 0.25) is 5.91 Å². The molecule has 6 heteroatoms. The number of carboxylic acid groups (broad SMARTS) is 1. The number of nitrogens with one attached hydrogen (secondary N) is 1. The number of aliphatic hydroxyl groups is 1. The number of hydrogen-bond donors (Lipinski definition) is 4. The maximum atomic E-state index is 12.3. The number of hydrogen-bond acceptors (Lipinski definition) is 4. The molecule has 0 saturated heterocycles. The minimum absolute atomic E-state index is 0.132. The molecule has 0 spiro atoms. The molecule has 152 valence electrons. The van der Waals surface area contributed by atoms with Crippen LogP contribution in [0.3, 0.4) is 0 Å². The summed E-state index contributed by atoms with van der Waals surface area (Å²) in [4.78, 5) is 24.2. The summed E-state index contributed by atoms with van der Waals surface area (Å²) >= 11 is 0. The lowest BCUT2D eigenvalue weighted by atomic mass is 9.67. The number of aliphatic carboxylic acids is 1. The van der Waals surface area contributed by atoms with E-state index in [0.717, 1.165) is 11.1 Å². The van der Waals surface area contributed by atoms with Crippen LogP contribution in [0.5, 0.6) is 0 Å². The Morgan fingerprint density at radius 1 is 1.15 bits per heavy atom. The second-order valence-electron chi connectivity index (χ2n) is 8.73.